The number of aromatic nitrogens is 5. The maximum atomic E-state index is 15.1. The molecule has 3 saturated heterocycles. The fourth-order valence-corrected chi connectivity index (χ4v) is 22.5. The number of sulfonamides is 3. The topological polar surface area (TPSA) is 263 Å². The summed E-state index contributed by atoms with van der Waals surface area (Å²) >= 11 is 0. The van der Waals surface area contributed by atoms with E-state index in [1.807, 2.05) is 67.6 Å². The highest BCUT2D eigenvalue weighted by Gasteiger charge is 2.68. The fourth-order valence-electron chi connectivity index (χ4n) is 15.9. The molecule has 3 aliphatic carbocycles. The summed E-state index contributed by atoms with van der Waals surface area (Å²) in [5.74, 6) is -9.34. The van der Waals surface area contributed by atoms with E-state index >= 15 is 8.78 Å². The number of allylic oxidation sites excluding steroid dienone is 3. The molecule has 3 saturated carbocycles. The van der Waals surface area contributed by atoms with Crippen LogP contribution in [-0.2, 0) is 34.8 Å². The number of carbonyl (C=O) groups excluding carboxylic acids is 1. The van der Waals surface area contributed by atoms with Crippen LogP contribution in [0.4, 0.5) is 22.4 Å². The van der Waals surface area contributed by atoms with Crippen LogP contribution in [-0.4, -0.2) is 126 Å². The highest BCUT2D eigenvalue weighted by atomic mass is 32.2. The summed E-state index contributed by atoms with van der Waals surface area (Å²) in [5, 5.41) is 7.62. The van der Waals surface area contributed by atoms with Gasteiger partial charge in [0.1, 0.15) is 5.60 Å². The molecule has 2 N–H and O–H groups in total. The van der Waals surface area contributed by atoms with Gasteiger partial charge >= 0.3 is 6.09 Å². The smallest absolute Gasteiger partial charge is 0.424 e. The maximum absolute atomic E-state index is 15.1. The van der Waals surface area contributed by atoms with Crippen LogP contribution in [0.1, 0.15) is 124 Å². The first-order valence-corrected chi connectivity index (χ1v) is 38.1. The Morgan fingerprint density at radius 1 is 0.640 bits per heavy atom. The minimum absolute atomic E-state index is 0.0400. The number of hydrogen-bond donors (Lipinski definition) is 2. The number of alkyl halides is 4. The molecule has 12 rings (SSSR count). The van der Waals surface area contributed by atoms with Crippen molar-refractivity contribution in [3.63, 3.8) is 0 Å². The first-order valence-electron chi connectivity index (χ1n) is 33.6. The maximum Gasteiger partial charge on any atom is 0.424 e. The molecule has 0 unspecified atom stereocenters. The molecule has 100 heavy (non-hydrogen) atoms. The first-order chi connectivity index (χ1) is 47.1. The van der Waals surface area contributed by atoms with Crippen LogP contribution in [0.2, 0.25) is 0 Å². The average molecular weight is 1430 g/mol. The van der Waals surface area contributed by atoms with Gasteiger partial charge in [0.25, 0.3) is 11.8 Å². The Kier molecular flexibility index (Phi) is 21.8. The first kappa shape index (κ1) is 74.7. The number of rotatable bonds is 12. The highest BCUT2D eigenvalue weighted by Crippen LogP contribution is 2.57. The molecule has 534 valence electrons. The van der Waals surface area contributed by atoms with Crippen LogP contribution in [0.5, 0.6) is 11.8 Å². The van der Waals surface area contributed by atoms with Gasteiger partial charge in [-0.25, -0.2) is 71.3 Å². The standard InChI is InChI=1S/C27H33F2N3O5S.C24H27N3O2S.C23H27F2N3O3S/c1-16-20(12-11-19-10-9-18(15-31-19)21-8-7-13-30-24(21)36-6)23-17(2)32(25(33)37-26(3,4)5)38(34,35)22(23)14-27(16,28)29;1-3-17-9-13-23-24(16(2)27-30(23,28)29)22(17)12-11-20-10-8-19(15-26-20)21-7-5-4-6-18(21)14-25;1-14-18(20-15(2)28-32(29,30)22(20,3)13-23(14,24)25)10-9-17-8-7-16(12-27-17)19-6-5-11-26-21(19)31-4/h7-13,15-17,20,22-23H,14H2,1-6H3;4-8,10-12,15-17,22-24,27H,3,9,13H2,1-2H3;5-12,14-15,18,20,28H,13H2,1-4H3/b2*12-11+;10-9+/t16-,17+,20-,22+,23-;16-,17-,22+,23-,24+;14-,15+,18-,20-,22+/m010/s1. The largest absolute Gasteiger partial charge is 0.481 e. The van der Waals surface area contributed by atoms with Gasteiger partial charge in [0.15, 0.2) is 0 Å². The Morgan fingerprint density at radius 2 is 1.14 bits per heavy atom. The number of ether oxygens (including phenoxy) is 3. The molecule has 6 fully saturated rings. The predicted molar refractivity (Wildman–Crippen MR) is 376 cm³/mol. The van der Waals surface area contributed by atoms with E-state index in [1.54, 1.807) is 127 Å². The number of benzene rings is 1. The van der Waals surface area contributed by atoms with Gasteiger partial charge in [0, 0.05) is 113 Å². The summed E-state index contributed by atoms with van der Waals surface area (Å²) in [6, 6.07) is 26.9. The van der Waals surface area contributed by atoms with Gasteiger partial charge in [0.2, 0.25) is 41.8 Å². The number of pyridine rings is 5. The van der Waals surface area contributed by atoms with Gasteiger partial charge in [-0.2, -0.15) is 5.26 Å². The van der Waals surface area contributed by atoms with Crippen LogP contribution in [0.25, 0.3) is 51.6 Å². The molecular formula is C74H87F4N9O10S3. The zero-order valence-electron chi connectivity index (χ0n) is 58.0. The number of amides is 1. The molecule has 3 aliphatic heterocycles. The monoisotopic (exact) mass is 1430 g/mol. The van der Waals surface area contributed by atoms with E-state index in [9.17, 15) is 44.1 Å². The van der Waals surface area contributed by atoms with Gasteiger partial charge in [-0.15, -0.1) is 0 Å². The van der Waals surface area contributed by atoms with Gasteiger partial charge in [0.05, 0.1) is 64.2 Å². The van der Waals surface area contributed by atoms with Crippen LogP contribution in [0.3, 0.4) is 0 Å². The summed E-state index contributed by atoms with van der Waals surface area (Å²) in [6.07, 6.45) is 19.4. The van der Waals surface area contributed by atoms with Crippen LogP contribution in [0.15, 0.2) is 134 Å². The molecule has 0 radical (unpaired) electrons. The number of fused-ring (bicyclic) bond motifs is 3. The Labute approximate surface area is 584 Å². The van der Waals surface area contributed by atoms with Crippen molar-refractivity contribution < 1.29 is 61.8 Å². The SMILES string of the molecule is CC[C@@H]1CC[C@@H]2[C@H]([C@H]1/C=C/c1ccc(-c3ccccc3C#N)cn1)[C@@H](C)NS2(=O)=O.COc1ncccc1-c1ccc(/C=C/[C@@H]2[C@@H]3[C@@H](C)N(C(=O)OC(C)(C)C)S(=O)(=O)[C@@H]3CC(F)(F)[C@H]2C)nc1.COc1ncccc1-c1ccc(/C=C/[C@@H]2[C@@H]3[C@@H](C)NS(=O)(=O)[C@]3(C)CC(F)(F)[C@H]2C)nc1. The molecule has 5 aromatic heterocycles. The third-order valence-electron chi connectivity index (χ3n) is 21.0. The number of hydrogen-bond acceptors (Lipinski definition) is 16. The molecule has 15 atom stereocenters. The van der Waals surface area contributed by atoms with Gasteiger partial charge < -0.3 is 14.2 Å². The van der Waals surface area contributed by atoms with Crippen molar-refractivity contribution in [2.24, 2.45) is 53.3 Å². The second-order valence-corrected chi connectivity index (χ2v) is 34.4. The van der Waals surface area contributed by atoms with E-state index in [2.05, 4.69) is 53.4 Å². The molecule has 0 bridgehead atoms. The molecule has 6 aliphatic rings. The van der Waals surface area contributed by atoms with Crippen molar-refractivity contribution in [2.45, 2.75) is 152 Å². The molecule has 6 aromatic rings. The third-order valence-corrected chi connectivity index (χ3v) is 27.7. The van der Waals surface area contributed by atoms with Crippen molar-refractivity contribution in [3.05, 3.63) is 157 Å². The normalized spacial score (nSPS) is 30.4. The molecule has 0 spiro atoms. The number of nitrogens with one attached hydrogen (secondary N) is 2. The van der Waals surface area contributed by atoms with E-state index in [1.165, 1.54) is 27.9 Å². The molecule has 1 aromatic carbocycles. The Hall–Kier alpha value is -7.96. The Balaban J connectivity index is 0.000000163. The Morgan fingerprint density at radius 3 is 1.64 bits per heavy atom. The Bertz CT molecular complexity index is 4440. The quantitative estimate of drug-likeness (QED) is 0.108. The summed E-state index contributed by atoms with van der Waals surface area (Å²) in [6.45, 7) is 16.7. The van der Waals surface area contributed by atoms with Crippen LogP contribution in [0, 0.1) is 64.6 Å². The lowest BCUT2D eigenvalue weighted by molar-refractivity contribution is -0.121. The highest BCUT2D eigenvalue weighted by molar-refractivity contribution is 7.91. The van der Waals surface area contributed by atoms with Crippen LogP contribution < -0.4 is 18.9 Å². The lowest BCUT2D eigenvalue weighted by Crippen LogP contribution is -2.56. The van der Waals surface area contributed by atoms with Crippen molar-refractivity contribution in [1.82, 2.24) is 38.7 Å². The number of halogens is 4. The predicted octanol–water partition coefficient (Wildman–Crippen LogP) is 13.9. The summed E-state index contributed by atoms with van der Waals surface area (Å²) < 4.78 is 157. The summed E-state index contributed by atoms with van der Waals surface area (Å²) in [7, 11) is -8.34. The van der Waals surface area contributed by atoms with Gasteiger partial charge in [-0.3, -0.25) is 15.0 Å². The minimum Gasteiger partial charge on any atom is -0.481 e. The molecular weight excluding hydrogens is 1350 g/mol. The van der Waals surface area contributed by atoms with Gasteiger partial charge in [-0.1, -0.05) is 81.8 Å². The van der Waals surface area contributed by atoms with E-state index in [0.29, 0.717) is 38.9 Å². The molecule has 19 nitrogen and oxygen atoms in total. The van der Waals surface area contributed by atoms with Crippen molar-refractivity contribution in [1.29, 1.82) is 5.26 Å². The average Bonchev–Trinajstić information content (AvgIpc) is 1.57. The summed E-state index contributed by atoms with van der Waals surface area (Å²) in [5.41, 5.74) is 6.58. The minimum atomic E-state index is -4.35. The van der Waals surface area contributed by atoms with E-state index in [-0.39, 0.29) is 23.1 Å². The second-order valence-electron chi connectivity index (χ2n) is 28.2. The zero-order chi connectivity index (χ0) is 72.7. The van der Waals surface area contributed by atoms with Gasteiger partial charge in [-0.05, 0) is 158 Å². The molecule has 8 heterocycles. The number of methoxy groups -OCH3 is 2. The van der Waals surface area contributed by atoms with Crippen molar-refractivity contribution in [2.75, 3.05) is 14.2 Å². The number of carbonyl (C=O) groups is 1. The lowest BCUT2D eigenvalue weighted by Gasteiger charge is -2.47. The third kappa shape index (κ3) is 15.0. The number of nitriles is 1. The van der Waals surface area contributed by atoms with Crippen LogP contribution >= 0.6 is 0 Å². The van der Waals surface area contributed by atoms with Crippen molar-refractivity contribution in [3.8, 4) is 51.2 Å². The number of nitrogens with zero attached hydrogens (tertiary/aromatic N) is 7. The second kappa shape index (κ2) is 29.2. The fraction of sp³-hybridized carbons (Fsp3) is 0.473. The van der Waals surface area contributed by atoms with Crippen molar-refractivity contribution >= 4 is 54.4 Å². The molecule has 26 heteroatoms. The van der Waals surface area contributed by atoms with E-state index < -0.39 is 124 Å². The zero-order valence-corrected chi connectivity index (χ0v) is 60.5. The van der Waals surface area contributed by atoms with E-state index in [0.717, 1.165) is 58.3 Å². The van der Waals surface area contributed by atoms with E-state index in [4.69, 9.17) is 14.2 Å². The molecule has 1 amide bonds. The summed E-state index contributed by atoms with van der Waals surface area (Å²) in [4.78, 5) is 34.6. The lowest BCUT2D eigenvalue weighted by atomic mass is 9.63.